The summed E-state index contributed by atoms with van der Waals surface area (Å²) in [5.74, 6) is -1.71. The minimum Gasteiger partial charge on any atom is -0.507 e. The number of aliphatic hydroxyl groups is 1. The van der Waals surface area contributed by atoms with Crippen LogP contribution in [0.5, 0.6) is 0 Å². The van der Waals surface area contributed by atoms with Crippen LogP contribution in [0.4, 0.5) is 9.52 Å². The van der Waals surface area contributed by atoms with Crippen LogP contribution in [0, 0.1) is 5.82 Å². The van der Waals surface area contributed by atoms with E-state index in [-0.39, 0.29) is 22.3 Å². The highest BCUT2D eigenvalue weighted by atomic mass is 79.9. The smallest absolute Gasteiger partial charge is 0.301 e. The Bertz CT molecular complexity index is 1510. The van der Waals surface area contributed by atoms with E-state index in [0.29, 0.717) is 26.2 Å². The third-order valence-electron chi connectivity index (χ3n) is 5.63. The van der Waals surface area contributed by atoms with Crippen LogP contribution in [-0.4, -0.2) is 27.0 Å². The maximum Gasteiger partial charge on any atom is 0.301 e. The van der Waals surface area contributed by atoms with E-state index in [2.05, 4.69) is 26.1 Å². The third-order valence-corrected chi connectivity index (χ3v) is 8.53. The molecule has 1 unspecified atom stereocenters. The second-order valence-electron chi connectivity index (χ2n) is 7.99. The fraction of sp³-hybridized carbons (Fsp3) is 0.0769. The number of hydrogen-bond acceptors (Lipinski definition) is 7. The van der Waals surface area contributed by atoms with Gasteiger partial charge in [0.2, 0.25) is 5.13 Å². The summed E-state index contributed by atoms with van der Waals surface area (Å²) in [4.78, 5) is 27.8. The predicted molar refractivity (Wildman–Crippen MR) is 146 cm³/mol. The average molecular weight is 617 g/mol. The summed E-state index contributed by atoms with van der Waals surface area (Å²) in [5.41, 5.74) is 1.83. The SMILES string of the molecule is O=C1C(=O)N(c2nnc(SCc3ccc(F)cc3)s2)C(c2ccc(Cl)cc2)/C1=C(/O)c1ccc(Br)cc1. The van der Waals surface area contributed by atoms with Crippen molar-refractivity contribution in [2.24, 2.45) is 0 Å². The number of rotatable bonds is 6. The predicted octanol–water partition coefficient (Wildman–Crippen LogP) is 7.01. The summed E-state index contributed by atoms with van der Waals surface area (Å²) >= 11 is 12.0. The highest BCUT2D eigenvalue weighted by Crippen LogP contribution is 2.44. The van der Waals surface area contributed by atoms with Crippen LogP contribution < -0.4 is 4.90 Å². The fourth-order valence-electron chi connectivity index (χ4n) is 3.84. The molecule has 0 spiro atoms. The van der Waals surface area contributed by atoms with Gasteiger partial charge < -0.3 is 5.11 Å². The Morgan fingerprint density at radius 2 is 1.70 bits per heavy atom. The number of amides is 1. The second kappa shape index (κ2) is 10.7. The Morgan fingerprint density at radius 1 is 1.03 bits per heavy atom. The van der Waals surface area contributed by atoms with Gasteiger partial charge in [-0.2, -0.15) is 0 Å². The monoisotopic (exact) mass is 615 g/mol. The number of nitrogens with zero attached hydrogens (tertiary/aromatic N) is 3. The van der Waals surface area contributed by atoms with Crippen LogP contribution in [0.1, 0.15) is 22.7 Å². The molecule has 1 amide bonds. The Balaban J connectivity index is 1.53. The molecular weight excluding hydrogens is 601 g/mol. The van der Waals surface area contributed by atoms with Crippen molar-refractivity contribution in [3.05, 3.63) is 110 Å². The van der Waals surface area contributed by atoms with Gasteiger partial charge in [0.1, 0.15) is 11.6 Å². The van der Waals surface area contributed by atoms with Gasteiger partial charge in [0, 0.05) is 20.8 Å². The van der Waals surface area contributed by atoms with Gasteiger partial charge in [-0.25, -0.2) is 4.39 Å². The quantitative estimate of drug-likeness (QED) is 0.0825. The van der Waals surface area contributed by atoms with Crippen LogP contribution in [0.15, 0.2) is 87.2 Å². The number of aliphatic hydroxyl groups excluding tert-OH is 1. The highest BCUT2D eigenvalue weighted by Gasteiger charge is 2.48. The zero-order chi connectivity index (χ0) is 26.1. The number of Topliss-reactive ketones (excluding diaryl/α,β-unsaturated/α-hetero) is 1. The van der Waals surface area contributed by atoms with Crippen molar-refractivity contribution in [1.82, 2.24) is 10.2 Å². The van der Waals surface area contributed by atoms with Gasteiger partial charge in [-0.05, 0) is 47.5 Å². The summed E-state index contributed by atoms with van der Waals surface area (Å²) in [7, 11) is 0. The molecule has 11 heteroatoms. The van der Waals surface area contributed by atoms with Gasteiger partial charge in [0.15, 0.2) is 4.34 Å². The number of thioether (sulfide) groups is 1. The molecular formula is C26H16BrClFN3O3S2. The molecule has 5 rings (SSSR count). The lowest BCUT2D eigenvalue weighted by Crippen LogP contribution is -2.29. The fourth-order valence-corrected chi connectivity index (χ4v) is 6.05. The molecule has 1 fully saturated rings. The number of hydrogen-bond donors (Lipinski definition) is 1. The number of aromatic nitrogens is 2. The molecule has 1 saturated heterocycles. The zero-order valence-corrected chi connectivity index (χ0v) is 22.7. The molecule has 1 atom stereocenters. The first-order chi connectivity index (χ1) is 17.8. The van der Waals surface area contributed by atoms with E-state index in [1.165, 1.54) is 28.8 Å². The molecule has 3 aromatic carbocycles. The van der Waals surface area contributed by atoms with Crippen LogP contribution >= 0.6 is 50.6 Å². The molecule has 0 bridgehead atoms. The molecule has 1 aliphatic heterocycles. The van der Waals surface area contributed by atoms with Crippen molar-refractivity contribution in [2.45, 2.75) is 16.1 Å². The highest BCUT2D eigenvalue weighted by molar-refractivity contribution is 9.10. The van der Waals surface area contributed by atoms with Gasteiger partial charge in [0.25, 0.3) is 5.78 Å². The summed E-state index contributed by atoms with van der Waals surface area (Å²) in [5, 5.41) is 20.2. The molecule has 0 aliphatic carbocycles. The van der Waals surface area contributed by atoms with E-state index in [0.717, 1.165) is 21.4 Å². The maximum atomic E-state index is 13.3. The zero-order valence-electron chi connectivity index (χ0n) is 18.8. The Morgan fingerprint density at radius 3 is 2.38 bits per heavy atom. The first kappa shape index (κ1) is 25.6. The van der Waals surface area contributed by atoms with Gasteiger partial charge in [-0.1, -0.05) is 87.0 Å². The van der Waals surface area contributed by atoms with Crippen molar-refractivity contribution in [1.29, 1.82) is 0 Å². The normalized spacial score (nSPS) is 16.9. The van der Waals surface area contributed by atoms with Crippen LogP contribution in [0.25, 0.3) is 5.76 Å². The van der Waals surface area contributed by atoms with Gasteiger partial charge in [-0.3, -0.25) is 14.5 Å². The number of ketones is 1. The molecule has 2 heterocycles. The van der Waals surface area contributed by atoms with Crippen molar-refractivity contribution in [3.8, 4) is 0 Å². The van der Waals surface area contributed by atoms with E-state index in [1.807, 2.05) is 0 Å². The minimum atomic E-state index is -0.927. The average Bonchev–Trinajstić information content (AvgIpc) is 3.46. The summed E-state index contributed by atoms with van der Waals surface area (Å²) in [6.07, 6.45) is 0. The lowest BCUT2D eigenvalue weighted by molar-refractivity contribution is -0.132. The number of carbonyl (C=O) groups is 2. The topological polar surface area (TPSA) is 83.4 Å². The maximum absolute atomic E-state index is 13.3. The molecule has 6 nitrogen and oxygen atoms in total. The molecule has 1 aliphatic rings. The number of anilines is 1. The van der Waals surface area contributed by atoms with Crippen LogP contribution in [0.2, 0.25) is 5.02 Å². The minimum absolute atomic E-state index is 0.0506. The van der Waals surface area contributed by atoms with Crippen molar-refractivity contribution >= 4 is 73.2 Å². The van der Waals surface area contributed by atoms with Crippen LogP contribution in [-0.2, 0) is 15.3 Å². The summed E-state index contributed by atoms with van der Waals surface area (Å²) < 4.78 is 14.6. The molecule has 1 N–H and O–H groups in total. The molecule has 0 radical (unpaired) electrons. The summed E-state index contributed by atoms with van der Waals surface area (Å²) in [6.45, 7) is 0. The van der Waals surface area contributed by atoms with E-state index >= 15 is 0 Å². The number of carbonyl (C=O) groups excluding carboxylic acids is 2. The van der Waals surface area contributed by atoms with E-state index in [4.69, 9.17) is 11.6 Å². The van der Waals surface area contributed by atoms with E-state index in [9.17, 15) is 19.1 Å². The second-order valence-corrected chi connectivity index (χ2v) is 11.5. The Labute approximate surface area is 232 Å². The van der Waals surface area contributed by atoms with Gasteiger partial charge >= 0.3 is 5.91 Å². The van der Waals surface area contributed by atoms with Crippen LogP contribution in [0.3, 0.4) is 0 Å². The number of halogens is 3. The van der Waals surface area contributed by atoms with Gasteiger partial charge in [-0.15, -0.1) is 10.2 Å². The molecule has 186 valence electrons. The van der Waals surface area contributed by atoms with E-state index in [1.54, 1.807) is 60.7 Å². The van der Waals surface area contributed by atoms with Gasteiger partial charge in [0.05, 0.1) is 11.6 Å². The standard InChI is InChI=1S/C26H16BrClFN3O3S2/c27-17-7-3-16(4-8-17)22(33)20-21(15-5-9-18(28)10-6-15)32(24(35)23(20)34)25-30-31-26(37-25)36-13-14-1-11-19(29)12-2-14/h1-12,21,33H,13H2/b22-20-. The van der Waals surface area contributed by atoms with Crippen molar-refractivity contribution in [3.63, 3.8) is 0 Å². The van der Waals surface area contributed by atoms with Crippen molar-refractivity contribution < 1.29 is 19.1 Å². The first-order valence-corrected chi connectivity index (χ1v) is 13.8. The Hall–Kier alpha value is -3.05. The van der Waals surface area contributed by atoms with E-state index < -0.39 is 17.7 Å². The Kier molecular flexibility index (Phi) is 7.43. The molecule has 37 heavy (non-hydrogen) atoms. The van der Waals surface area contributed by atoms with Crippen molar-refractivity contribution in [2.75, 3.05) is 4.90 Å². The number of benzene rings is 3. The lowest BCUT2D eigenvalue weighted by atomic mass is 9.95. The first-order valence-electron chi connectivity index (χ1n) is 10.8. The largest absolute Gasteiger partial charge is 0.507 e. The molecule has 4 aromatic rings. The molecule has 0 saturated carbocycles. The third kappa shape index (κ3) is 5.33. The lowest BCUT2D eigenvalue weighted by Gasteiger charge is -2.22. The summed E-state index contributed by atoms with van der Waals surface area (Å²) in [6, 6.07) is 18.7. The molecule has 1 aromatic heterocycles.